The Morgan fingerprint density at radius 2 is 2.00 bits per heavy atom. The van der Waals surface area contributed by atoms with Gasteiger partial charge < -0.3 is 5.11 Å². The van der Waals surface area contributed by atoms with Gasteiger partial charge in [-0.3, -0.25) is 13.9 Å². The van der Waals surface area contributed by atoms with E-state index in [1.54, 1.807) is 0 Å². The molecule has 0 bridgehead atoms. The zero-order chi connectivity index (χ0) is 17.4. The minimum atomic E-state index is -1.09. The van der Waals surface area contributed by atoms with Gasteiger partial charge in [0, 0.05) is 30.4 Å². The van der Waals surface area contributed by atoms with E-state index >= 15 is 0 Å². The standard InChI is InChI=1S/C15H11F2N3O3S/c1-19-11(21)4-5-20(15(19)23)7-8-6-18-14(24-8)9-2-3-10(16)13(22)12(9)17/h2-6,22H,7H2,1H3. The van der Waals surface area contributed by atoms with Gasteiger partial charge in [0.05, 0.1) is 12.1 Å². The van der Waals surface area contributed by atoms with Crippen molar-refractivity contribution in [3.05, 3.63) is 67.9 Å². The van der Waals surface area contributed by atoms with E-state index in [1.165, 1.54) is 36.1 Å². The quantitative estimate of drug-likeness (QED) is 0.779. The van der Waals surface area contributed by atoms with Gasteiger partial charge in [0.1, 0.15) is 5.01 Å². The number of nitrogens with zero attached hydrogens (tertiary/aromatic N) is 3. The molecular weight excluding hydrogens is 340 g/mol. The highest BCUT2D eigenvalue weighted by molar-refractivity contribution is 7.15. The molecule has 0 saturated heterocycles. The number of rotatable bonds is 3. The predicted octanol–water partition coefficient (Wildman–Crippen LogP) is 1.70. The van der Waals surface area contributed by atoms with E-state index in [4.69, 9.17) is 0 Å². The Balaban J connectivity index is 1.95. The van der Waals surface area contributed by atoms with Gasteiger partial charge in [-0.15, -0.1) is 11.3 Å². The second kappa shape index (κ2) is 6.00. The number of benzene rings is 1. The third kappa shape index (κ3) is 2.73. The number of aromatic nitrogens is 3. The van der Waals surface area contributed by atoms with E-state index in [9.17, 15) is 23.5 Å². The maximum absolute atomic E-state index is 13.9. The Kier molecular flexibility index (Phi) is 4.02. The average Bonchev–Trinajstić information content (AvgIpc) is 3.02. The lowest BCUT2D eigenvalue weighted by Gasteiger charge is -2.04. The van der Waals surface area contributed by atoms with Crippen LogP contribution >= 0.6 is 11.3 Å². The molecule has 124 valence electrons. The Hall–Kier alpha value is -2.81. The average molecular weight is 351 g/mol. The van der Waals surface area contributed by atoms with E-state index in [2.05, 4.69) is 4.98 Å². The molecule has 24 heavy (non-hydrogen) atoms. The van der Waals surface area contributed by atoms with Crippen LogP contribution in [0.1, 0.15) is 4.88 Å². The molecule has 0 spiro atoms. The number of thiazole rings is 1. The summed E-state index contributed by atoms with van der Waals surface area (Å²) in [5, 5.41) is 9.58. The van der Waals surface area contributed by atoms with Crippen LogP contribution in [0.15, 0.2) is 40.2 Å². The van der Waals surface area contributed by atoms with Gasteiger partial charge in [0.2, 0.25) is 0 Å². The SMILES string of the molecule is Cn1c(=O)ccn(Cc2cnc(-c3ccc(F)c(O)c3F)s2)c1=O. The molecule has 0 aliphatic heterocycles. The molecule has 0 unspecified atom stereocenters. The molecule has 0 atom stereocenters. The van der Waals surface area contributed by atoms with Crippen molar-refractivity contribution in [2.45, 2.75) is 6.54 Å². The number of phenolic OH excluding ortho intramolecular Hbond substituents is 1. The second-order valence-electron chi connectivity index (χ2n) is 5.01. The maximum Gasteiger partial charge on any atom is 0.331 e. The molecule has 0 aliphatic carbocycles. The van der Waals surface area contributed by atoms with Gasteiger partial charge in [-0.25, -0.2) is 18.6 Å². The van der Waals surface area contributed by atoms with Crippen molar-refractivity contribution < 1.29 is 13.9 Å². The van der Waals surface area contributed by atoms with Crippen molar-refractivity contribution in [1.29, 1.82) is 0 Å². The normalized spacial score (nSPS) is 11.0. The number of phenols is 1. The maximum atomic E-state index is 13.9. The Morgan fingerprint density at radius 1 is 1.25 bits per heavy atom. The van der Waals surface area contributed by atoms with E-state index < -0.39 is 28.6 Å². The van der Waals surface area contributed by atoms with Gasteiger partial charge in [0.25, 0.3) is 5.56 Å². The molecule has 6 nitrogen and oxygen atoms in total. The fourth-order valence-electron chi connectivity index (χ4n) is 2.12. The summed E-state index contributed by atoms with van der Waals surface area (Å²) in [4.78, 5) is 28.0. The first-order valence-electron chi connectivity index (χ1n) is 6.77. The molecule has 1 N–H and O–H groups in total. The predicted molar refractivity (Wildman–Crippen MR) is 84.2 cm³/mol. The van der Waals surface area contributed by atoms with Crippen molar-refractivity contribution >= 4 is 11.3 Å². The van der Waals surface area contributed by atoms with E-state index in [0.717, 1.165) is 22.0 Å². The number of hydrogen-bond acceptors (Lipinski definition) is 5. The van der Waals surface area contributed by atoms with Crippen LogP contribution in [-0.4, -0.2) is 19.2 Å². The lowest BCUT2D eigenvalue weighted by Crippen LogP contribution is -2.36. The molecule has 2 heterocycles. The largest absolute Gasteiger partial charge is 0.503 e. The van der Waals surface area contributed by atoms with E-state index in [1.807, 2.05) is 0 Å². The van der Waals surface area contributed by atoms with E-state index in [-0.39, 0.29) is 17.1 Å². The van der Waals surface area contributed by atoms with Crippen LogP contribution in [0.3, 0.4) is 0 Å². The first-order valence-corrected chi connectivity index (χ1v) is 7.58. The topological polar surface area (TPSA) is 77.1 Å². The van der Waals surface area contributed by atoms with Crippen molar-refractivity contribution in [2.75, 3.05) is 0 Å². The first kappa shape index (κ1) is 16.1. The fraction of sp³-hybridized carbons (Fsp3) is 0.133. The number of halogens is 2. The van der Waals surface area contributed by atoms with Crippen LogP contribution in [0.4, 0.5) is 8.78 Å². The fourth-order valence-corrected chi connectivity index (χ4v) is 3.05. The van der Waals surface area contributed by atoms with E-state index in [0.29, 0.717) is 4.88 Å². The summed E-state index contributed by atoms with van der Waals surface area (Å²) in [5.74, 6) is -3.20. The molecule has 0 saturated carbocycles. The summed E-state index contributed by atoms with van der Waals surface area (Å²) < 4.78 is 29.3. The van der Waals surface area contributed by atoms with Crippen LogP contribution in [0.2, 0.25) is 0 Å². The number of aromatic hydroxyl groups is 1. The highest BCUT2D eigenvalue weighted by atomic mass is 32.1. The summed E-state index contributed by atoms with van der Waals surface area (Å²) in [6, 6.07) is 3.40. The lowest BCUT2D eigenvalue weighted by atomic mass is 10.2. The Bertz CT molecular complexity index is 1040. The van der Waals surface area contributed by atoms with Crippen LogP contribution in [0.25, 0.3) is 10.6 Å². The minimum Gasteiger partial charge on any atom is -0.503 e. The third-order valence-electron chi connectivity index (χ3n) is 3.44. The van der Waals surface area contributed by atoms with Gasteiger partial charge in [-0.2, -0.15) is 0 Å². The molecule has 0 amide bonds. The highest BCUT2D eigenvalue weighted by Gasteiger charge is 2.16. The molecule has 0 fully saturated rings. The summed E-state index contributed by atoms with van der Waals surface area (Å²) >= 11 is 1.10. The van der Waals surface area contributed by atoms with Crippen LogP contribution in [0.5, 0.6) is 5.75 Å². The molecular formula is C15H11F2N3O3S. The first-order chi connectivity index (χ1) is 11.4. The monoisotopic (exact) mass is 351 g/mol. The van der Waals surface area contributed by atoms with Crippen molar-refractivity contribution in [2.24, 2.45) is 7.05 Å². The Morgan fingerprint density at radius 3 is 2.75 bits per heavy atom. The van der Waals surface area contributed by atoms with Crippen LogP contribution < -0.4 is 11.2 Å². The van der Waals surface area contributed by atoms with Crippen molar-refractivity contribution in [3.8, 4) is 16.3 Å². The van der Waals surface area contributed by atoms with Crippen molar-refractivity contribution in [3.63, 3.8) is 0 Å². The van der Waals surface area contributed by atoms with Crippen LogP contribution in [-0.2, 0) is 13.6 Å². The van der Waals surface area contributed by atoms with Gasteiger partial charge in [0.15, 0.2) is 17.4 Å². The summed E-state index contributed by atoms with van der Waals surface area (Å²) in [6.07, 6.45) is 2.83. The summed E-state index contributed by atoms with van der Waals surface area (Å²) in [6.45, 7) is 0.152. The second-order valence-corrected chi connectivity index (χ2v) is 6.13. The van der Waals surface area contributed by atoms with Gasteiger partial charge >= 0.3 is 5.69 Å². The molecule has 9 heteroatoms. The zero-order valence-corrected chi connectivity index (χ0v) is 13.2. The third-order valence-corrected chi connectivity index (χ3v) is 4.45. The van der Waals surface area contributed by atoms with Gasteiger partial charge in [-0.1, -0.05) is 0 Å². The molecule has 0 aliphatic rings. The molecule has 0 radical (unpaired) electrons. The zero-order valence-electron chi connectivity index (χ0n) is 12.4. The Labute approximate surface area is 137 Å². The minimum absolute atomic E-state index is 0.0297. The van der Waals surface area contributed by atoms with Crippen molar-refractivity contribution in [1.82, 2.24) is 14.1 Å². The number of hydrogen-bond donors (Lipinski definition) is 1. The molecule has 3 rings (SSSR count). The molecule has 3 aromatic rings. The molecule has 2 aromatic heterocycles. The highest BCUT2D eigenvalue weighted by Crippen LogP contribution is 2.33. The lowest BCUT2D eigenvalue weighted by molar-refractivity contribution is 0.397. The smallest absolute Gasteiger partial charge is 0.331 e. The molecule has 1 aromatic carbocycles. The van der Waals surface area contributed by atoms with Crippen LogP contribution in [0, 0.1) is 11.6 Å². The summed E-state index contributed by atoms with van der Waals surface area (Å²) in [7, 11) is 1.37. The summed E-state index contributed by atoms with van der Waals surface area (Å²) in [5.41, 5.74) is -0.925. The van der Waals surface area contributed by atoms with Gasteiger partial charge in [-0.05, 0) is 12.1 Å².